The molecular formula is C21H27N3O2. The van der Waals surface area contributed by atoms with Crippen LogP contribution in [0.25, 0.3) is 11.4 Å². The summed E-state index contributed by atoms with van der Waals surface area (Å²) in [6, 6.07) is 8.15. The molecule has 1 saturated carbocycles. The van der Waals surface area contributed by atoms with Crippen LogP contribution in [0, 0.1) is 12.8 Å². The van der Waals surface area contributed by atoms with E-state index in [2.05, 4.69) is 34.1 Å². The lowest BCUT2D eigenvalue weighted by atomic mass is 9.87. The molecule has 2 aliphatic rings. The van der Waals surface area contributed by atoms with E-state index in [1.807, 2.05) is 12.1 Å². The molecule has 0 unspecified atom stereocenters. The number of aryl methyl sites for hydroxylation is 1. The van der Waals surface area contributed by atoms with Gasteiger partial charge in [0.15, 0.2) is 0 Å². The molecule has 2 fully saturated rings. The van der Waals surface area contributed by atoms with E-state index in [4.69, 9.17) is 4.52 Å². The molecule has 0 atom stereocenters. The molecule has 2 heterocycles. The van der Waals surface area contributed by atoms with Gasteiger partial charge < -0.3 is 9.42 Å². The van der Waals surface area contributed by atoms with E-state index in [9.17, 15) is 4.79 Å². The first kappa shape index (κ1) is 17.3. The van der Waals surface area contributed by atoms with E-state index < -0.39 is 0 Å². The summed E-state index contributed by atoms with van der Waals surface area (Å²) in [7, 11) is 0. The van der Waals surface area contributed by atoms with Gasteiger partial charge in [-0.3, -0.25) is 4.79 Å². The van der Waals surface area contributed by atoms with Crippen molar-refractivity contribution < 1.29 is 9.32 Å². The number of amides is 1. The number of hydrogen-bond acceptors (Lipinski definition) is 4. The van der Waals surface area contributed by atoms with E-state index in [0.717, 1.165) is 44.3 Å². The lowest BCUT2D eigenvalue weighted by Gasteiger charge is -2.34. The van der Waals surface area contributed by atoms with Crippen molar-refractivity contribution in [2.75, 3.05) is 13.1 Å². The Bertz CT molecular complexity index is 756. The summed E-state index contributed by atoms with van der Waals surface area (Å²) in [5, 5.41) is 4.16. The Balaban J connectivity index is 1.37. The van der Waals surface area contributed by atoms with E-state index in [0.29, 0.717) is 17.6 Å². The number of nitrogens with zero attached hydrogens (tertiary/aromatic N) is 3. The molecule has 1 aliphatic carbocycles. The summed E-state index contributed by atoms with van der Waals surface area (Å²) in [6.07, 6.45) is 7.66. The van der Waals surface area contributed by atoms with Crippen LogP contribution in [-0.2, 0) is 4.79 Å². The standard InChI is InChI=1S/C21H27N3O2/c1-15-6-5-9-18(14-15)19-22-20(26-23-19)16-10-12-24(13-11-16)21(25)17-7-3-2-4-8-17/h5-6,9,14,16-17H,2-4,7-8,10-13H2,1H3. The summed E-state index contributed by atoms with van der Waals surface area (Å²) in [5.41, 5.74) is 2.17. The highest BCUT2D eigenvalue weighted by Crippen LogP contribution is 2.31. The third-order valence-corrected chi connectivity index (χ3v) is 5.83. The number of carbonyl (C=O) groups is 1. The number of likely N-dealkylation sites (tertiary alicyclic amines) is 1. The van der Waals surface area contributed by atoms with Gasteiger partial charge >= 0.3 is 0 Å². The zero-order valence-corrected chi connectivity index (χ0v) is 15.5. The van der Waals surface area contributed by atoms with Crippen molar-refractivity contribution in [2.45, 2.75) is 57.8 Å². The highest BCUT2D eigenvalue weighted by atomic mass is 16.5. The maximum atomic E-state index is 12.7. The Morgan fingerprint density at radius 1 is 1.12 bits per heavy atom. The molecule has 5 heteroatoms. The smallest absolute Gasteiger partial charge is 0.230 e. The third-order valence-electron chi connectivity index (χ3n) is 5.83. The molecule has 2 aromatic rings. The zero-order chi connectivity index (χ0) is 17.9. The van der Waals surface area contributed by atoms with Crippen LogP contribution in [0.15, 0.2) is 28.8 Å². The average Bonchev–Trinajstić information content (AvgIpc) is 3.18. The number of aromatic nitrogens is 2. The van der Waals surface area contributed by atoms with Gasteiger partial charge in [0.2, 0.25) is 17.6 Å². The lowest BCUT2D eigenvalue weighted by Crippen LogP contribution is -2.41. The first-order valence-corrected chi connectivity index (χ1v) is 9.90. The van der Waals surface area contributed by atoms with Crippen LogP contribution in [0.3, 0.4) is 0 Å². The van der Waals surface area contributed by atoms with Gasteiger partial charge in [-0.15, -0.1) is 0 Å². The predicted molar refractivity (Wildman–Crippen MR) is 99.6 cm³/mol. The first-order valence-electron chi connectivity index (χ1n) is 9.90. The van der Waals surface area contributed by atoms with Crippen molar-refractivity contribution in [1.82, 2.24) is 15.0 Å². The number of rotatable bonds is 3. The Morgan fingerprint density at radius 3 is 2.62 bits per heavy atom. The van der Waals surface area contributed by atoms with E-state index in [-0.39, 0.29) is 11.8 Å². The number of benzene rings is 1. The number of piperidine rings is 1. The minimum Gasteiger partial charge on any atom is -0.342 e. The summed E-state index contributed by atoms with van der Waals surface area (Å²) in [4.78, 5) is 19.4. The maximum Gasteiger partial charge on any atom is 0.230 e. The number of hydrogen-bond donors (Lipinski definition) is 0. The molecule has 26 heavy (non-hydrogen) atoms. The van der Waals surface area contributed by atoms with Gasteiger partial charge in [-0.1, -0.05) is 48.2 Å². The van der Waals surface area contributed by atoms with E-state index >= 15 is 0 Å². The molecule has 1 saturated heterocycles. The summed E-state index contributed by atoms with van der Waals surface area (Å²) in [6.45, 7) is 3.67. The normalized spacial score (nSPS) is 19.7. The fourth-order valence-corrected chi connectivity index (χ4v) is 4.26. The Morgan fingerprint density at radius 2 is 1.88 bits per heavy atom. The van der Waals surface area contributed by atoms with Crippen molar-refractivity contribution in [2.24, 2.45) is 5.92 Å². The minimum absolute atomic E-state index is 0.261. The second-order valence-corrected chi connectivity index (χ2v) is 7.76. The van der Waals surface area contributed by atoms with Crippen molar-refractivity contribution in [3.05, 3.63) is 35.7 Å². The minimum atomic E-state index is 0.261. The monoisotopic (exact) mass is 353 g/mol. The number of carbonyl (C=O) groups excluding carboxylic acids is 1. The van der Waals surface area contributed by atoms with Gasteiger partial charge in [-0.05, 0) is 38.7 Å². The molecule has 5 nitrogen and oxygen atoms in total. The fraction of sp³-hybridized carbons (Fsp3) is 0.571. The largest absolute Gasteiger partial charge is 0.342 e. The molecule has 138 valence electrons. The van der Waals surface area contributed by atoms with Gasteiger partial charge in [0.1, 0.15) is 0 Å². The zero-order valence-electron chi connectivity index (χ0n) is 15.5. The van der Waals surface area contributed by atoms with Gasteiger partial charge in [0, 0.05) is 30.5 Å². The van der Waals surface area contributed by atoms with E-state index in [1.54, 1.807) is 0 Å². The molecule has 4 rings (SSSR count). The van der Waals surface area contributed by atoms with Crippen molar-refractivity contribution in [3.8, 4) is 11.4 Å². The van der Waals surface area contributed by atoms with Crippen molar-refractivity contribution in [1.29, 1.82) is 0 Å². The summed E-state index contributed by atoms with van der Waals surface area (Å²) >= 11 is 0. The predicted octanol–water partition coefficient (Wildman–Crippen LogP) is 4.33. The van der Waals surface area contributed by atoms with Crippen LogP contribution in [0.5, 0.6) is 0 Å². The molecule has 0 spiro atoms. The van der Waals surface area contributed by atoms with Crippen LogP contribution in [0.2, 0.25) is 0 Å². The highest BCUT2D eigenvalue weighted by Gasteiger charge is 2.31. The quantitative estimate of drug-likeness (QED) is 0.824. The molecule has 1 aromatic carbocycles. The average molecular weight is 353 g/mol. The third kappa shape index (κ3) is 3.67. The fourth-order valence-electron chi connectivity index (χ4n) is 4.26. The molecule has 0 radical (unpaired) electrons. The molecule has 1 amide bonds. The maximum absolute atomic E-state index is 12.7. The Kier molecular flexibility index (Phi) is 5.05. The van der Waals surface area contributed by atoms with Crippen molar-refractivity contribution in [3.63, 3.8) is 0 Å². The van der Waals surface area contributed by atoms with E-state index in [1.165, 1.54) is 24.8 Å². The molecule has 1 aliphatic heterocycles. The summed E-state index contributed by atoms with van der Waals surface area (Å²) in [5.74, 6) is 2.26. The molecule has 1 aromatic heterocycles. The molecule has 0 bridgehead atoms. The highest BCUT2D eigenvalue weighted by molar-refractivity contribution is 5.79. The Labute approximate surface area is 154 Å². The lowest BCUT2D eigenvalue weighted by molar-refractivity contribution is -0.137. The Hall–Kier alpha value is -2.17. The second-order valence-electron chi connectivity index (χ2n) is 7.76. The van der Waals surface area contributed by atoms with Crippen LogP contribution in [-0.4, -0.2) is 34.0 Å². The van der Waals surface area contributed by atoms with Crippen LogP contribution in [0.4, 0.5) is 0 Å². The van der Waals surface area contributed by atoms with Crippen LogP contribution in [0.1, 0.15) is 62.3 Å². The van der Waals surface area contributed by atoms with Crippen LogP contribution >= 0.6 is 0 Å². The van der Waals surface area contributed by atoms with Gasteiger partial charge in [0.25, 0.3) is 0 Å². The topological polar surface area (TPSA) is 59.2 Å². The summed E-state index contributed by atoms with van der Waals surface area (Å²) < 4.78 is 5.55. The van der Waals surface area contributed by atoms with Crippen molar-refractivity contribution >= 4 is 5.91 Å². The SMILES string of the molecule is Cc1cccc(-c2noc(C3CCN(C(=O)C4CCCCC4)CC3)n2)c1. The second kappa shape index (κ2) is 7.60. The van der Waals surface area contributed by atoms with Gasteiger partial charge in [-0.2, -0.15) is 4.98 Å². The first-order chi connectivity index (χ1) is 12.7. The van der Waals surface area contributed by atoms with Gasteiger partial charge in [-0.25, -0.2) is 0 Å². The molecular weight excluding hydrogens is 326 g/mol. The van der Waals surface area contributed by atoms with Crippen LogP contribution < -0.4 is 0 Å². The van der Waals surface area contributed by atoms with Gasteiger partial charge in [0.05, 0.1) is 0 Å². The molecule has 0 N–H and O–H groups in total.